The number of carbonyl (C=O) groups excluding carboxylic acids is 2. The summed E-state index contributed by atoms with van der Waals surface area (Å²) in [5.74, 6) is -2.57. The molecule has 0 saturated carbocycles. The third-order valence-electron chi connectivity index (χ3n) is 2.93. The summed E-state index contributed by atoms with van der Waals surface area (Å²) in [6, 6.07) is 7.58. The molecule has 0 radical (unpaired) electrons. The van der Waals surface area contributed by atoms with E-state index in [9.17, 15) is 9.59 Å². The van der Waals surface area contributed by atoms with Crippen LogP contribution in [0.1, 0.15) is 26.3 Å². The molecule has 1 fully saturated rings. The van der Waals surface area contributed by atoms with Crippen LogP contribution < -0.4 is 5.32 Å². The van der Waals surface area contributed by atoms with E-state index in [1.165, 1.54) is 13.8 Å². The Hall–Kier alpha value is -2.30. The zero-order chi connectivity index (χ0) is 14.9. The maximum Gasteiger partial charge on any atom is 0.350 e. The average Bonchev–Trinajstić information content (AvgIpc) is 2.29. The second kappa shape index (κ2) is 5.00. The van der Waals surface area contributed by atoms with E-state index in [1.807, 2.05) is 31.2 Å². The standard InChI is InChI=1S/C15H17NO4/c1-9-7-5-6-8-11(9)16-10(2)12-13(17)19-15(3,4)20-14(12)18/h5-8,16H,1-4H3. The Bertz CT molecular complexity index is 580. The van der Waals surface area contributed by atoms with Gasteiger partial charge in [0.25, 0.3) is 5.79 Å². The summed E-state index contributed by atoms with van der Waals surface area (Å²) in [5.41, 5.74) is 2.13. The fourth-order valence-electron chi connectivity index (χ4n) is 1.94. The number of hydrogen-bond acceptors (Lipinski definition) is 5. The summed E-state index contributed by atoms with van der Waals surface area (Å²) in [6.45, 7) is 6.61. The summed E-state index contributed by atoms with van der Waals surface area (Å²) in [5, 5.41) is 3.05. The first-order chi connectivity index (χ1) is 9.30. The number of para-hydroxylation sites is 1. The number of ether oxygens (including phenoxy) is 2. The van der Waals surface area contributed by atoms with Crippen LogP contribution in [0.25, 0.3) is 0 Å². The van der Waals surface area contributed by atoms with Gasteiger partial charge >= 0.3 is 11.9 Å². The summed E-state index contributed by atoms with van der Waals surface area (Å²) < 4.78 is 10.1. The molecule has 0 unspecified atom stereocenters. The molecule has 0 aromatic heterocycles. The van der Waals surface area contributed by atoms with Crippen molar-refractivity contribution < 1.29 is 19.1 Å². The molecule has 1 aliphatic rings. The van der Waals surface area contributed by atoms with E-state index in [1.54, 1.807) is 6.92 Å². The topological polar surface area (TPSA) is 64.6 Å². The third kappa shape index (κ3) is 2.82. The molecule has 0 atom stereocenters. The molecule has 1 aromatic carbocycles. The Morgan fingerprint density at radius 2 is 1.65 bits per heavy atom. The van der Waals surface area contributed by atoms with E-state index >= 15 is 0 Å². The average molecular weight is 275 g/mol. The Kier molecular flexibility index (Phi) is 3.53. The molecule has 1 heterocycles. The molecule has 5 nitrogen and oxygen atoms in total. The van der Waals surface area contributed by atoms with Crippen LogP contribution in [0.4, 0.5) is 5.69 Å². The highest BCUT2D eigenvalue weighted by Crippen LogP contribution is 2.25. The van der Waals surface area contributed by atoms with Gasteiger partial charge in [-0.1, -0.05) is 18.2 Å². The maximum atomic E-state index is 11.9. The molecular formula is C15H17NO4. The van der Waals surface area contributed by atoms with Gasteiger partial charge in [0.15, 0.2) is 5.57 Å². The van der Waals surface area contributed by atoms with Crippen LogP contribution in [0, 0.1) is 6.92 Å². The number of aryl methyl sites for hydroxylation is 1. The lowest BCUT2D eigenvalue weighted by molar-refractivity contribution is -0.222. The van der Waals surface area contributed by atoms with Gasteiger partial charge in [0, 0.05) is 25.2 Å². The molecular weight excluding hydrogens is 258 g/mol. The van der Waals surface area contributed by atoms with Crippen LogP contribution in [0.5, 0.6) is 0 Å². The Morgan fingerprint density at radius 3 is 2.20 bits per heavy atom. The molecule has 5 heteroatoms. The van der Waals surface area contributed by atoms with Crippen molar-refractivity contribution in [3.05, 3.63) is 41.1 Å². The summed E-state index contributed by atoms with van der Waals surface area (Å²) in [6.07, 6.45) is 0. The molecule has 1 N–H and O–H groups in total. The zero-order valence-corrected chi connectivity index (χ0v) is 11.9. The van der Waals surface area contributed by atoms with E-state index < -0.39 is 17.7 Å². The summed E-state index contributed by atoms with van der Waals surface area (Å²) in [7, 11) is 0. The Balaban J connectivity index is 2.31. The number of hydrogen-bond donors (Lipinski definition) is 1. The number of nitrogens with one attached hydrogen (secondary N) is 1. The fraction of sp³-hybridized carbons (Fsp3) is 0.333. The second-order valence-corrected chi connectivity index (χ2v) is 5.12. The minimum absolute atomic E-state index is 0.104. The van der Waals surface area contributed by atoms with Crippen molar-refractivity contribution in [1.82, 2.24) is 0 Å². The largest absolute Gasteiger partial charge is 0.419 e. The molecule has 20 heavy (non-hydrogen) atoms. The lowest BCUT2D eigenvalue weighted by atomic mass is 10.1. The first-order valence-electron chi connectivity index (χ1n) is 6.30. The van der Waals surface area contributed by atoms with Crippen molar-refractivity contribution in [2.24, 2.45) is 0 Å². The van der Waals surface area contributed by atoms with Gasteiger partial charge in [-0.2, -0.15) is 0 Å². The molecule has 2 rings (SSSR count). The minimum Gasteiger partial charge on any atom is -0.419 e. The quantitative estimate of drug-likeness (QED) is 0.510. The maximum absolute atomic E-state index is 11.9. The van der Waals surface area contributed by atoms with Gasteiger partial charge in [0.2, 0.25) is 0 Å². The van der Waals surface area contributed by atoms with Crippen LogP contribution in [0.15, 0.2) is 35.5 Å². The van der Waals surface area contributed by atoms with Gasteiger partial charge < -0.3 is 14.8 Å². The number of benzene rings is 1. The van der Waals surface area contributed by atoms with E-state index in [0.717, 1.165) is 11.3 Å². The number of cyclic esters (lactones) is 2. The lowest BCUT2D eigenvalue weighted by Crippen LogP contribution is -2.42. The number of carbonyl (C=O) groups is 2. The highest BCUT2D eigenvalue weighted by Gasteiger charge is 2.40. The van der Waals surface area contributed by atoms with Gasteiger partial charge in [0.1, 0.15) is 0 Å². The van der Waals surface area contributed by atoms with Crippen LogP contribution in [-0.2, 0) is 19.1 Å². The van der Waals surface area contributed by atoms with Gasteiger partial charge in [-0.25, -0.2) is 9.59 Å². The lowest BCUT2D eigenvalue weighted by Gasteiger charge is -2.30. The Morgan fingerprint density at radius 1 is 1.10 bits per heavy atom. The number of allylic oxidation sites excluding steroid dienone is 1. The van der Waals surface area contributed by atoms with Crippen molar-refractivity contribution in [2.45, 2.75) is 33.5 Å². The SMILES string of the molecule is CC(Nc1ccccc1C)=C1C(=O)OC(C)(C)OC1=O. The number of rotatable bonds is 2. The van der Waals surface area contributed by atoms with E-state index in [-0.39, 0.29) is 5.57 Å². The van der Waals surface area contributed by atoms with Crippen molar-refractivity contribution in [1.29, 1.82) is 0 Å². The zero-order valence-electron chi connectivity index (χ0n) is 11.9. The van der Waals surface area contributed by atoms with Crippen molar-refractivity contribution in [3.8, 4) is 0 Å². The van der Waals surface area contributed by atoms with E-state index in [2.05, 4.69) is 5.32 Å². The van der Waals surface area contributed by atoms with Crippen LogP contribution in [-0.4, -0.2) is 17.7 Å². The van der Waals surface area contributed by atoms with E-state index in [4.69, 9.17) is 9.47 Å². The monoisotopic (exact) mass is 275 g/mol. The van der Waals surface area contributed by atoms with Crippen LogP contribution in [0.2, 0.25) is 0 Å². The molecule has 0 amide bonds. The van der Waals surface area contributed by atoms with Crippen molar-refractivity contribution in [3.63, 3.8) is 0 Å². The molecule has 106 valence electrons. The fourth-order valence-corrected chi connectivity index (χ4v) is 1.94. The molecule has 0 aliphatic carbocycles. The van der Waals surface area contributed by atoms with Gasteiger partial charge in [0.05, 0.1) is 0 Å². The smallest absolute Gasteiger partial charge is 0.350 e. The molecule has 1 saturated heterocycles. The summed E-state index contributed by atoms with van der Waals surface area (Å²) >= 11 is 0. The highest BCUT2D eigenvalue weighted by atomic mass is 16.7. The second-order valence-electron chi connectivity index (χ2n) is 5.12. The molecule has 1 aliphatic heterocycles. The minimum atomic E-state index is -1.22. The van der Waals surface area contributed by atoms with Gasteiger partial charge in [-0.15, -0.1) is 0 Å². The predicted molar refractivity (Wildman–Crippen MR) is 73.8 cm³/mol. The molecule has 0 spiro atoms. The van der Waals surface area contributed by atoms with Crippen molar-refractivity contribution >= 4 is 17.6 Å². The van der Waals surface area contributed by atoms with Gasteiger partial charge in [-0.3, -0.25) is 0 Å². The predicted octanol–water partition coefficient (Wildman–Crippen LogP) is 2.52. The third-order valence-corrected chi connectivity index (χ3v) is 2.93. The van der Waals surface area contributed by atoms with Crippen LogP contribution in [0.3, 0.4) is 0 Å². The van der Waals surface area contributed by atoms with Gasteiger partial charge in [-0.05, 0) is 25.5 Å². The molecule has 1 aromatic rings. The van der Waals surface area contributed by atoms with E-state index in [0.29, 0.717) is 5.70 Å². The number of anilines is 1. The van der Waals surface area contributed by atoms with Crippen molar-refractivity contribution in [2.75, 3.05) is 5.32 Å². The van der Waals surface area contributed by atoms with Crippen LogP contribution >= 0.6 is 0 Å². The number of esters is 2. The first-order valence-corrected chi connectivity index (χ1v) is 6.30. The Labute approximate surface area is 117 Å². The summed E-state index contributed by atoms with van der Waals surface area (Å²) in [4.78, 5) is 23.8. The normalized spacial score (nSPS) is 17.3. The highest BCUT2D eigenvalue weighted by molar-refractivity contribution is 6.16. The first kappa shape index (κ1) is 14.1. The molecule has 0 bridgehead atoms.